The van der Waals surface area contributed by atoms with Crippen LogP contribution in [0.4, 0.5) is 0 Å². The molecular weight excluding hydrogens is 454 g/mol. The van der Waals surface area contributed by atoms with Gasteiger partial charge < -0.3 is 23.7 Å². The van der Waals surface area contributed by atoms with E-state index in [1.807, 2.05) is 0 Å². The molecule has 1 unspecified atom stereocenters. The molecule has 12 heteroatoms. The third-order valence-corrected chi connectivity index (χ3v) is 5.61. The Kier molecular flexibility index (Phi) is 8.04. The fraction of sp³-hybridized carbons (Fsp3) is 0.429. The standard InChI is InChI=1S/C21H23N3O8S/c1-11(25)29-17-10-33-20(19(31-13(3)27)18(17)30-12(2)26)32-15-5-6-16(22-9-15)14-7-23-21(28-4)24-8-14/h5-9,17-20H,10H2,1-4H3/t17-,18+,19-,20?/m1/s1. The Morgan fingerprint density at radius 2 is 1.52 bits per heavy atom. The smallest absolute Gasteiger partial charge is 0.316 e. The molecule has 4 atom stereocenters. The van der Waals surface area contributed by atoms with Gasteiger partial charge in [0.1, 0.15) is 5.75 Å². The second-order valence-corrected chi connectivity index (χ2v) is 8.08. The lowest BCUT2D eigenvalue weighted by atomic mass is 10.1. The van der Waals surface area contributed by atoms with Gasteiger partial charge in [0.25, 0.3) is 0 Å². The zero-order valence-corrected chi connectivity index (χ0v) is 19.2. The molecule has 1 saturated heterocycles. The van der Waals surface area contributed by atoms with E-state index < -0.39 is 41.7 Å². The molecule has 0 radical (unpaired) electrons. The van der Waals surface area contributed by atoms with E-state index in [2.05, 4.69) is 15.0 Å². The largest absolute Gasteiger partial charge is 0.474 e. The van der Waals surface area contributed by atoms with Gasteiger partial charge in [-0.2, -0.15) is 0 Å². The third kappa shape index (κ3) is 6.54. The monoisotopic (exact) mass is 477 g/mol. The maximum absolute atomic E-state index is 11.7. The normalized spacial score (nSPS) is 22.1. The van der Waals surface area contributed by atoms with E-state index in [9.17, 15) is 14.4 Å². The number of hydrogen-bond donors (Lipinski definition) is 0. The van der Waals surface area contributed by atoms with Crippen LogP contribution >= 0.6 is 11.8 Å². The van der Waals surface area contributed by atoms with E-state index >= 15 is 0 Å². The van der Waals surface area contributed by atoms with Crippen molar-refractivity contribution in [3.63, 3.8) is 0 Å². The van der Waals surface area contributed by atoms with E-state index in [0.717, 1.165) is 0 Å². The number of carbonyl (C=O) groups excluding carboxylic acids is 3. The molecule has 11 nitrogen and oxygen atoms in total. The minimum absolute atomic E-state index is 0.249. The maximum Gasteiger partial charge on any atom is 0.316 e. The third-order valence-electron chi connectivity index (χ3n) is 4.40. The molecule has 2 aromatic rings. The SMILES string of the molecule is COc1ncc(-c2ccc(OC3SC[C@@H](OC(C)=O)[C@H](OC(C)=O)[C@H]3OC(C)=O)cn2)cn1. The number of methoxy groups -OCH3 is 1. The first-order valence-corrected chi connectivity index (χ1v) is 10.9. The Morgan fingerprint density at radius 1 is 0.879 bits per heavy atom. The zero-order valence-electron chi connectivity index (χ0n) is 18.4. The van der Waals surface area contributed by atoms with Crippen molar-refractivity contribution in [3.05, 3.63) is 30.7 Å². The molecule has 33 heavy (non-hydrogen) atoms. The van der Waals surface area contributed by atoms with Gasteiger partial charge in [0.05, 0.1) is 19.0 Å². The molecule has 0 spiro atoms. The Balaban J connectivity index is 1.78. The van der Waals surface area contributed by atoms with Crippen molar-refractivity contribution in [1.29, 1.82) is 0 Å². The molecule has 0 bridgehead atoms. The van der Waals surface area contributed by atoms with Gasteiger partial charge in [0.2, 0.25) is 0 Å². The number of ether oxygens (including phenoxy) is 5. The van der Waals surface area contributed by atoms with Crippen LogP contribution in [0.1, 0.15) is 20.8 Å². The average Bonchev–Trinajstić information content (AvgIpc) is 2.77. The van der Waals surface area contributed by atoms with E-state index in [1.54, 1.807) is 24.5 Å². The molecule has 3 heterocycles. The Hall–Kier alpha value is -3.41. The first-order valence-electron chi connectivity index (χ1n) is 9.89. The molecule has 3 rings (SSSR count). The number of aromatic nitrogens is 3. The summed E-state index contributed by atoms with van der Waals surface area (Å²) in [5.41, 5.74) is 0.568. The summed E-state index contributed by atoms with van der Waals surface area (Å²) in [6.45, 7) is 3.70. The summed E-state index contributed by atoms with van der Waals surface area (Å²) in [5, 5.41) is 0. The van der Waals surface area contributed by atoms with Gasteiger partial charge >= 0.3 is 23.9 Å². The molecule has 176 valence electrons. The van der Waals surface area contributed by atoms with Crippen LogP contribution in [0.3, 0.4) is 0 Å². The maximum atomic E-state index is 11.7. The Morgan fingerprint density at radius 3 is 2.06 bits per heavy atom. The van der Waals surface area contributed by atoms with Crippen LogP contribution in [0, 0.1) is 0 Å². The summed E-state index contributed by atoms with van der Waals surface area (Å²) in [7, 11) is 1.48. The van der Waals surface area contributed by atoms with Crippen LogP contribution in [0.2, 0.25) is 0 Å². The summed E-state index contributed by atoms with van der Waals surface area (Å²) in [4.78, 5) is 47.4. The molecule has 0 aromatic carbocycles. The molecule has 0 N–H and O–H groups in total. The zero-order chi connectivity index (χ0) is 24.0. The van der Waals surface area contributed by atoms with Crippen LogP contribution < -0.4 is 9.47 Å². The lowest BCUT2D eigenvalue weighted by Gasteiger charge is -2.39. The van der Waals surface area contributed by atoms with E-state index in [4.69, 9.17) is 23.7 Å². The molecular formula is C21H23N3O8S. The van der Waals surface area contributed by atoms with Crippen molar-refractivity contribution in [2.75, 3.05) is 12.9 Å². The van der Waals surface area contributed by atoms with Crippen LogP contribution in [-0.2, 0) is 28.6 Å². The lowest BCUT2D eigenvalue weighted by Crippen LogP contribution is -2.55. The van der Waals surface area contributed by atoms with E-state index in [0.29, 0.717) is 17.0 Å². The molecule has 1 fully saturated rings. The first kappa shape index (κ1) is 24.2. The molecule has 1 aliphatic rings. The summed E-state index contributed by atoms with van der Waals surface area (Å²) in [5.74, 6) is -1.07. The molecule has 0 amide bonds. The van der Waals surface area contributed by atoms with Crippen LogP contribution in [0.15, 0.2) is 30.7 Å². The second kappa shape index (κ2) is 10.9. The van der Waals surface area contributed by atoms with Gasteiger partial charge in [-0.1, -0.05) is 0 Å². The highest BCUT2D eigenvalue weighted by molar-refractivity contribution is 7.99. The van der Waals surface area contributed by atoms with Gasteiger partial charge in [-0.15, -0.1) is 11.8 Å². The van der Waals surface area contributed by atoms with Gasteiger partial charge in [0, 0.05) is 44.5 Å². The molecule has 1 aliphatic heterocycles. The van der Waals surface area contributed by atoms with Gasteiger partial charge in [0.15, 0.2) is 23.7 Å². The van der Waals surface area contributed by atoms with Crippen LogP contribution in [0.25, 0.3) is 11.3 Å². The number of thioether (sulfide) groups is 1. The lowest BCUT2D eigenvalue weighted by molar-refractivity contribution is -0.186. The van der Waals surface area contributed by atoms with E-state index in [-0.39, 0.29) is 11.8 Å². The predicted molar refractivity (Wildman–Crippen MR) is 115 cm³/mol. The summed E-state index contributed by atoms with van der Waals surface area (Å²) < 4.78 is 27.0. The molecule has 2 aromatic heterocycles. The second-order valence-electron chi connectivity index (χ2n) is 6.95. The van der Waals surface area contributed by atoms with Crippen molar-refractivity contribution in [3.8, 4) is 23.0 Å². The number of esters is 3. The van der Waals surface area contributed by atoms with Crippen molar-refractivity contribution in [2.45, 2.75) is 44.5 Å². The fourth-order valence-electron chi connectivity index (χ4n) is 3.12. The van der Waals surface area contributed by atoms with Crippen molar-refractivity contribution in [1.82, 2.24) is 15.0 Å². The molecule has 0 aliphatic carbocycles. The van der Waals surface area contributed by atoms with Crippen LogP contribution in [0.5, 0.6) is 11.8 Å². The summed E-state index contributed by atoms with van der Waals surface area (Å²) in [6.07, 6.45) is 1.84. The van der Waals surface area contributed by atoms with Crippen molar-refractivity contribution < 1.29 is 38.1 Å². The average molecular weight is 477 g/mol. The topological polar surface area (TPSA) is 136 Å². The Labute approximate surface area is 194 Å². The van der Waals surface area contributed by atoms with Crippen molar-refractivity contribution in [2.24, 2.45) is 0 Å². The Bertz CT molecular complexity index is 986. The van der Waals surface area contributed by atoms with Gasteiger partial charge in [-0.3, -0.25) is 19.4 Å². The minimum atomic E-state index is -1.02. The predicted octanol–water partition coefficient (Wildman–Crippen LogP) is 1.79. The summed E-state index contributed by atoms with van der Waals surface area (Å²) >= 11 is 1.26. The number of rotatable bonds is 7. The van der Waals surface area contributed by atoms with Gasteiger partial charge in [-0.25, -0.2) is 9.97 Å². The highest BCUT2D eigenvalue weighted by Gasteiger charge is 2.47. The summed E-state index contributed by atoms with van der Waals surface area (Å²) in [6, 6.07) is 3.66. The number of nitrogens with zero attached hydrogens (tertiary/aromatic N) is 3. The number of pyridine rings is 1. The highest BCUT2D eigenvalue weighted by Crippen LogP contribution is 2.34. The van der Waals surface area contributed by atoms with E-state index in [1.165, 1.54) is 45.8 Å². The number of hydrogen-bond acceptors (Lipinski definition) is 12. The number of carbonyl (C=O) groups is 3. The van der Waals surface area contributed by atoms with Crippen LogP contribution in [-0.4, -0.2) is 69.5 Å². The van der Waals surface area contributed by atoms with Gasteiger partial charge in [-0.05, 0) is 12.1 Å². The molecule has 0 saturated carbocycles. The van der Waals surface area contributed by atoms with Crippen molar-refractivity contribution >= 4 is 29.7 Å². The first-order chi connectivity index (χ1) is 15.8. The quantitative estimate of drug-likeness (QED) is 0.425. The minimum Gasteiger partial charge on any atom is -0.474 e. The fourth-order valence-corrected chi connectivity index (χ4v) is 4.34. The highest BCUT2D eigenvalue weighted by atomic mass is 32.2.